The predicted molar refractivity (Wildman–Crippen MR) is 124 cm³/mol. The van der Waals surface area contributed by atoms with Crippen molar-refractivity contribution in [3.8, 4) is 5.75 Å². The fourth-order valence-corrected chi connectivity index (χ4v) is 3.85. The van der Waals surface area contributed by atoms with Gasteiger partial charge in [-0.25, -0.2) is 9.67 Å². The van der Waals surface area contributed by atoms with Crippen molar-refractivity contribution in [2.45, 2.75) is 19.4 Å². The number of benzene rings is 2. The number of hydrogen-bond acceptors (Lipinski definition) is 5. The molecule has 3 heterocycles. The number of carbonyl (C=O) groups is 2. The van der Waals surface area contributed by atoms with E-state index < -0.39 is 0 Å². The first-order valence-corrected chi connectivity index (χ1v) is 10.8. The normalized spacial score (nSPS) is 12.8. The molecule has 33 heavy (non-hydrogen) atoms. The van der Waals surface area contributed by atoms with Gasteiger partial charge in [0.25, 0.3) is 5.91 Å². The molecule has 0 unspecified atom stereocenters. The maximum absolute atomic E-state index is 12.5. The van der Waals surface area contributed by atoms with E-state index in [4.69, 9.17) is 4.74 Å². The number of pyridine rings is 1. The summed E-state index contributed by atoms with van der Waals surface area (Å²) in [5, 5.41) is 10.9. The molecular weight excluding hydrogens is 418 g/mol. The first-order valence-electron chi connectivity index (χ1n) is 10.8. The highest BCUT2D eigenvalue weighted by Gasteiger charge is 2.15. The Labute approximate surface area is 190 Å². The third-order valence-electron chi connectivity index (χ3n) is 5.54. The highest BCUT2D eigenvalue weighted by molar-refractivity contribution is 5.96. The largest absolute Gasteiger partial charge is 0.492 e. The number of amides is 2. The summed E-state index contributed by atoms with van der Waals surface area (Å²) in [5.74, 6) is 0.542. The van der Waals surface area contributed by atoms with Crippen molar-refractivity contribution in [2.24, 2.45) is 0 Å². The SMILES string of the molecule is O=C1CCc2cc(OCCNC(=O)c3cnc4c(cnn4Cc4ccccc4)c3)ccc2N1. The summed E-state index contributed by atoms with van der Waals surface area (Å²) in [6.07, 6.45) is 4.48. The summed E-state index contributed by atoms with van der Waals surface area (Å²) in [7, 11) is 0. The number of hydrogen-bond donors (Lipinski definition) is 2. The summed E-state index contributed by atoms with van der Waals surface area (Å²) < 4.78 is 7.58. The first kappa shape index (κ1) is 20.7. The topological polar surface area (TPSA) is 98.1 Å². The summed E-state index contributed by atoms with van der Waals surface area (Å²) in [6, 6.07) is 17.4. The van der Waals surface area contributed by atoms with Gasteiger partial charge in [-0.1, -0.05) is 30.3 Å². The van der Waals surface area contributed by atoms with E-state index in [0.29, 0.717) is 43.9 Å². The lowest BCUT2D eigenvalue weighted by molar-refractivity contribution is -0.116. The zero-order valence-corrected chi connectivity index (χ0v) is 18.0. The zero-order chi connectivity index (χ0) is 22.6. The number of ether oxygens (including phenoxy) is 1. The van der Waals surface area contributed by atoms with Crippen molar-refractivity contribution in [3.63, 3.8) is 0 Å². The fourth-order valence-electron chi connectivity index (χ4n) is 3.85. The lowest BCUT2D eigenvalue weighted by Gasteiger charge is -2.17. The highest BCUT2D eigenvalue weighted by atomic mass is 16.5. The Kier molecular flexibility index (Phi) is 5.72. The van der Waals surface area contributed by atoms with Crippen molar-refractivity contribution < 1.29 is 14.3 Å². The molecule has 0 atom stereocenters. The average molecular weight is 441 g/mol. The Morgan fingerprint density at radius 1 is 1.09 bits per heavy atom. The van der Waals surface area contributed by atoms with Crippen LogP contribution in [0.1, 0.15) is 27.9 Å². The van der Waals surface area contributed by atoms with Crippen LogP contribution in [-0.2, 0) is 17.8 Å². The summed E-state index contributed by atoms with van der Waals surface area (Å²) in [5.41, 5.74) is 4.24. The smallest absolute Gasteiger partial charge is 0.252 e. The van der Waals surface area contributed by atoms with Crippen LogP contribution in [0.25, 0.3) is 11.0 Å². The van der Waals surface area contributed by atoms with Gasteiger partial charge in [-0.2, -0.15) is 5.10 Å². The third-order valence-corrected chi connectivity index (χ3v) is 5.54. The minimum atomic E-state index is -0.211. The van der Waals surface area contributed by atoms with Crippen LogP contribution in [0.2, 0.25) is 0 Å². The van der Waals surface area contributed by atoms with E-state index in [-0.39, 0.29) is 11.8 Å². The maximum Gasteiger partial charge on any atom is 0.252 e. The number of carbonyl (C=O) groups excluding carboxylic acids is 2. The Balaban J connectivity index is 1.16. The average Bonchev–Trinajstić information content (AvgIpc) is 3.24. The van der Waals surface area contributed by atoms with Crippen LogP contribution < -0.4 is 15.4 Å². The molecule has 0 saturated carbocycles. The van der Waals surface area contributed by atoms with E-state index in [1.165, 1.54) is 0 Å². The molecule has 0 bridgehead atoms. The molecule has 0 aliphatic carbocycles. The molecule has 1 aliphatic heterocycles. The van der Waals surface area contributed by atoms with E-state index in [2.05, 4.69) is 20.7 Å². The number of nitrogens with zero attached hydrogens (tertiary/aromatic N) is 3. The standard InChI is InChI=1S/C25H23N5O3/c31-23-9-6-18-13-21(7-8-22(18)29-23)33-11-10-26-25(32)20-12-19-15-28-30(24(19)27-14-20)16-17-4-2-1-3-5-17/h1-5,7-8,12-15H,6,9-11,16H2,(H,26,32)(H,29,31). The van der Waals surface area contributed by atoms with Crippen LogP contribution in [-0.4, -0.2) is 39.7 Å². The molecule has 8 heteroatoms. The molecule has 1 aliphatic rings. The number of nitrogens with one attached hydrogen (secondary N) is 2. The van der Waals surface area contributed by atoms with Crippen molar-refractivity contribution in [3.05, 3.63) is 83.7 Å². The molecule has 2 amide bonds. The van der Waals surface area contributed by atoms with Crippen LogP contribution in [0.3, 0.4) is 0 Å². The fraction of sp³-hybridized carbons (Fsp3) is 0.200. The van der Waals surface area contributed by atoms with Crippen LogP contribution >= 0.6 is 0 Å². The van der Waals surface area contributed by atoms with Gasteiger partial charge >= 0.3 is 0 Å². The lowest BCUT2D eigenvalue weighted by atomic mass is 10.0. The lowest BCUT2D eigenvalue weighted by Crippen LogP contribution is -2.28. The molecule has 0 spiro atoms. The number of aryl methyl sites for hydroxylation is 1. The summed E-state index contributed by atoms with van der Waals surface area (Å²) in [6.45, 7) is 1.31. The predicted octanol–water partition coefficient (Wildman–Crippen LogP) is 3.17. The van der Waals surface area contributed by atoms with Crippen LogP contribution in [0.15, 0.2) is 67.0 Å². The molecule has 0 fully saturated rings. The van der Waals surface area contributed by atoms with Crippen LogP contribution in [0.5, 0.6) is 5.75 Å². The molecule has 0 radical (unpaired) electrons. The molecule has 0 saturated heterocycles. The molecule has 166 valence electrons. The summed E-state index contributed by atoms with van der Waals surface area (Å²) >= 11 is 0. The van der Waals surface area contributed by atoms with Crippen molar-refractivity contribution >= 4 is 28.5 Å². The number of aromatic nitrogens is 3. The molecule has 8 nitrogen and oxygen atoms in total. The van der Waals surface area contributed by atoms with E-state index >= 15 is 0 Å². The van der Waals surface area contributed by atoms with Crippen LogP contribution in [0, 0.1) is 0 Å². The first-order chi connectivity index (χ1) is 16.2. The van der Waals surface area contributed by atoms with E-state index in [0.717, 1.165) is 27.8 Å². The van der Waals surface area contributed by atoms with Gasteiger partial charge in [0.15, 0.2) is 5.65 Å². The Morgan fingerprint density at radius 3 is 2.85 bits per heavy atom. The van der Waals surface area contributed by atoms with Crippen molar-refractivity contribution in [1.82, 2.24) is 20.1 Å². The molecule has 2 N–H and O–H groups in total. The second kappa shape index (κ2) is 9.12. The van der Waals surface area contributed by atoms with E-state index in [1.807, 2.05) is 53.2 Å². The van der Waals surface area contributed by atoms with Gasteiger partial charge in [-0.3, -0.25) is 9.59 Å². The van der Waals surface area contributed by atoms with Crippen molar-refractivity contribution in [1.29, 1.82) is 0 Å². The maximum atomic E-state index is 12.5. The number of anilines is 1. The Hall–Kier alpha value is -4.20. The van der Waals surface area contributed by atoms with E-state index in [9.17, 15) is 9.59 Å². The molecular formula is C25H23N5O3. The Morgan fingerprint density at radius 2 is 1.97 bits per heavy atom. The third kappa shape index (κ3) is 4.69. The van der Waals surface area contributed by atoms with E-state index in [1.54, 1.807) is 18.5 Å². The second-order valence-electron chi connectivity index (χ2n) is 7.90. The van der Waals surface area contributed by atoms with Crippen molar-refractivity contribution in [2.75, 3.05) is 18.5 Å². The second-order valence-corrected chi connectivity index (χ2v) is 7.90. The number of fused-ring (bicyclic) bond motifs is 2. The monoisotopic (exact) mass is 441 g/mol. The minimum absolute atomic E-state index is 0.0371. The zero-order valence-electron chi connectivity index (χ0n) is 18.0. The van der Waals surface area contributed by atoms with Gasteiger partial charge in [0.2, 0.25) is 5.91 Å². The Bertz CT molecular complexity index is 1320. The molecule has 2 aromatic carbocycles. The highest BCUT2D eigenvalue weighted by Crippen LogP contribution is 2.26. The van der Waals surface area contributed by atoms with Gasteiger partial charge in [0, 0.05) is 23.7 Å². The van der Waals surface area contributed by atoms with Gasteiger partial charge < -0.3 is 15.4 Å². The summed E-state index contributed by atoms with van der Waals surface area (Å²) in [4.78, 5) is 28.5. The van der Waals surface area contributed by atoms with Gasteiger partial charge in [-0.15, -0.1) is 0 Å². The quantitative estimate of drug-likeness (QED) is 0.429. The van der Waals surface area contributed by atoms with Crippen LogP contribution in [0.4, 0.5) is 5.69 Å². The molecule has 4 aromatic rings. The van der Waals surface area contributed by atoms with Gasteiger partial charge in [0.1, 0.15) is 12.4 Å². The molecule has 2 aromatic heterocycles. The number of rotatable bonds is 7. The van der Waals surface area contributed by atoms with Gasteiger partial charge in [0.05, 0.1) is 24.8 Å². The molecule has 5 rings (SSSR count). The minimum Gasteiger partial charge on any atom is -0.492 e. The van der Waals surface area contributed by atoms with Gasteiger partial charge in [-0.05, 0) is 41.8 Å².